The SMILES string of the molecule is CCc1ccc(N(CC(=O)N/N=C\c2ccc(-c3ccc(Cl)cc3Cl)o2)S(=O)(=O)c2ccccc2)cc1. The summed E-state index contributed by atoms with van der Waals surface area (Å²) in [5.41, 5.74) is 4.44. The highest BCUT2D eigenvalue weighted by Crippen LogP contribution is 2.31. The summed E-state index contributed by atoms with van der Waals surface area (Å²) in [6, 6.07) is 23.4. The molecule has 1 aromatic heterocycles. The molecule has 0 fully saturated rings. The van der Waals surface area contributed by atoms with Gasteiger partial charge in [-0.15, -0.1) is 0 Å². The van der Waals surface area contributed by atoms with E-state index in [4.69, 9.17) is 27.6 Å². The summed E-state index contributed by atoms with van der Waals surface area (Å²) in [7, 11) is -4.00. The van der Waals surface area contributed by atoms with Crippen LogP contribution in [0.25, 0.3) is 11.3 Å². The fourth-order valence-electron chi connectivity index (χ4n) is 3.52. The van der Waals surface area contributed by atoms with E-state index < -0.39 is 22.5 Å². The molecule has 0 atom stereocenters. The lowest BCUT2D eigenvalue weighted by molar-refractivity contribution is -0.119. The van der Waals surface area contributed by atoms with Gasteiger partial charge in [0.2, 0.25) is 0 Å². The Balaban J connectivity index is 1.50. The number of rotatable bonds is 9. The first-order valence-electron chi connectivity index (χ1n) is 11.3. The number of hydrogen-bond donors (Lipinski definition) is 1. The van der Waals surface area contributed by atoms with E-state index in [1.54, 1.807) is 60.7 Å². The summed E-state index contributed by atoms with van der Waals surface area (Å²) in [4.78, 5) is 12.8. The van der Waals surface area contributed by atoms with Crippen LogP contribution >= 0.6 is 23.2 Å². The average molecular weight is 556 g/mol. The lowest BCUT2D eigenvalue weighted by atomic mass is 10.1. The number of anilines is 1. The number of hydrogen-bond acceptors (Lipinski definition) is 5. The maximum absolute atomic E-state index is 13.4. The Morgan fingerprint density at radius 2 is 1.73 bits per heavy atom. The predicted molar refractivity (Wildman–Crippen MR) is 147 cm³/mol. The van der Waals surface area contributed by atoms with Crippen LogP contribution < -0.4 is 9.73 Å². The van der Waals surface area contributed by atoms with Gasteiger partial charge in [0, 0.05) is 10.6 Å². The Kier molecular flexibility index (Phi) is 8.33. The molecular weight excluding hydrogens is 533 g/mol. The normalized spacial score (nSPS) is 11.5. The predicted octanol–water partition coefficient (Wildman–Crippen LogP) is 6.16. The zero-order valence-electron chi connectivity index (χ0n) is 19.8. The van der Waals surface area contributed by atoms with Crippen LogP contribution in [0.15, 0.2) is 99.3 Å². The number of benzene rings is 3. The third kappa shape index (κ3) is 6.40. The fraction of sp³-hybridized carbons (Fsp3) is 0.111. The molecule has 0 saturated carbocycles. The van der Waals surface area contributed by atoms with E-state index in [0.29, 0.717) is 32.8 Å². The van der Waals surface area contributed by atoms with E-state index in [1.165, 1.54) is 18.3 Å². The van der Waals surface area contributed by atoms with Gasteiger partial charge in [0.25, 0.3) is 15.9 Å². The van der Waals surface area contributed by atoms with Crippen molar-refractivity contribution in [2.75, 3.05) is 10.8 Å². The molecule has 0 spiro atoms. The molecule has 0 aliphatic carbocycles. The number of nitrogens with one attached hydrogen (secondary N) is 1. The maximum Gasteiger partial charge on any atom is 0.264 e. The molecule has 0 radical (unpaired) electrons. The van der Waals surface area contributed by atoms with Gasteiger partial charge in [0.1, 0.15) is 18.1 Å². The molecule has 0 aliphatic heterocycles. The molecule has 4 rings (SSSR count). The lowest BCUT2D eigenvalue weighted by Gasteiger charge is -2.23. The largest absolute Gasteiger partial charge is 0.455 e. The van der Waals surface area contributed by atoms with E-state index in [2.05, 4.69) is 10.5 Å². The Labute approximate surface area is 225 Å². The molecule has 10 heteroatoms. The van der Waals surface area contributed by atoms with Crippen LogP contribution in [-0.2, 0) is 21.2 Å². The molecule has 37 heavy (non-hydrogen) atoms. The smallest absolute Gasteiger partial charge is 0.264 e. The van der Waals surface area contributed by atoms with Gasteiger partial charge in [-0.25, -0.2) is 13.8 Å². The number of aryl methyl sites for hydroxylation is 1. The van der Waals surface area contributed by atoms with Crippen LogP contribution in [0.4, 0.5) is 5.69 Å². The number of amides is 1. The van der Waals surface area contributed by atoms with E-state index in [1.807, 2.05) is 19.1 Å². The van der Waals surface area contributed by atoms with Crippen LogP contribution in [-0.4, -0.2) is 27.1 Å². The molecule has 3 aromatic carbocycles. The summed E-state index contributed by atoms with van der Waals surface area (Å²) in [5, 5.41) is 4.86. The lowest BCUT2D eigenvalue weighted by Crippen LogP contribution is -2.39. The third-order valence-corrected chi connectivity index (χ3v) is 7.79. The third-order valence-electron chi connectivity index (χ3n) is 5.46. The minimum absolute atomic E-state index is 0.0786. The summed E-state index contributed by atoms with van der Waals surface area (Å²) in [5.74, 6) is 0.248. The molecule has 1 N–H and O–H groups in total. The zero-order chi connectivity index (χ0) is 26.4. The van der Waals surface area contributed by atoms with Crippen molar-refractivity contribution in [3.8, 4) is 11.3 Å². The topological polar surface area (TPSA) is 92.0 Å². The second-order valence-electron chi connectivity index (χ2n) is 7.96. The van der Waals surface area contributed by atoms with E-state index in [0.717, 1.165) is 16.3 Å². The van der Waals surface area contributed by atoms with Gasteiger partial charge < -0.3 is 4.42 Å². The number of nitrogens with zero attached hydrogens (tertiary/aromatic N) is 2. The highest BCUT2D eigenvalue weighted by atomic mass is 35.5. The second-order valence-corrected chi connectivity index (χ2v) is 10.7. The number of halogens is 2. The average Bonchev–Trinajstić information content (AvgIpc) is 3.36. The van der Waals surface area contributed by atoms with Crippen molar-refractivity contribution in [1.29, 1.82) is 0 Å². The number of sulfonamides is 1. The Hall–Kier alpha value is -3.59. The maximum atomic E-state index is 13.4. The first-order chi connectivity index (χ1) is 17.8. The van der Waals surface area contributed by atoms with Gasteiger partial charge in [0.05, 0.1) is 21.8 Å². The molecule has 4 aromatic rings. The number of furan rings is 1. The van der Waals surface area contributed by atoms with Crippen LogP contribution in [0.5, 0.6) is 0 Å². The van der Waals surface area contributed by atoms with Crippen molar-refractivity contribution >= 4 is 51.0 Å². The van der Waals surface area contributed by atoms with Crippen molar-refractivity contribution in [2.24, 2.45) is 5.10 Å². The molecule has 0 saturated heterocycles. The summed E-state index contributed by atoms with van der Waals surface area (Å²) < 4.78 is 33.5. The number of carbonyl (C=O) groups is 1. The van der Waals surface area contributed by atoms with E-state index in [9.17, 15) is 13.2 Å². The minimum Gasteiger partial charge on any atom is -0.455 e. The van der Waals surface area contributed by atoms with Crippen molar-refractivity contribution in [3.05, 3.63) is 106 Å². The quantitative estimate of drug-likeness (QED) is 0.197. The Morgan fingerprint density at radius 3 is 2.41 bits per heavy atom. The molecule has 190 valence electrons. The van der Waals surface area contributed by atoms with Gasteiger partial charge in [-0.3, -0.25) is 9.10 Å². The van der Waals surface area contributed by atoms with Gasteiger partial charge in [-0.1, -0.05) is 60.5 Å². The van der Waals surface area contributed by atoms with Crippen LogP contribution in [0.2, 0.25) is 10.0 Å². The molecular formula is C27H23Cl2N3O4S. The highest BCUT2D eigenvalue weighted by molar-refractivity contribution is 7.92. The monoisotopic (exact) mass is 555 g/mol. The van der Waals surface area contributed by atoms with Gasteiger partial charge in [-0.05, 0) is 66.6 Å². The Bertz CT molecular complexity index is 1520. The van der Waals surface area contributed by atoms with Crippen molar-refractivity contribution < 1.29 is 17.6 Å². The standard InChI is InChI=1S/C27H23Cl2N3O4S/c1-2-19-8-11-21(12-9-19)32(37(34,35)23-6-4-3-5-7-23)18-27(33)31-30-17-22-13-15-26(36-22)24-14-10-20(28)16-25(24)29/h3-17H,2,18H2,1H3,(H,31,33)/b30-17-. The summed E-state index contributed by atoms with van der Waals surface area (Å²) in [6.45, 7) is 1.54. The van der Waals surface area contributed by atoms with Gasteiger partial charge in [-0.2, -0.15) is 5.10 Å². The molecule has 1 heterocycles. The molecule has 0 aliphatic rings. The van der Waals surface area contributed by atoms with Gasteiger partial charge in [0.15, 0.2) is 0 Å². The minimum atomic E-state index is -4.00. The van der Waals surface area contributed by atoms with Crippen molar-refractivity contribution in [1.82, 2.24) is 5.43 Å². The second kappa shape index (κ2) is 11.6. The molecule has 1 amide bonds. The summed E-state index contributed by atoms with van der Waals surface area (Å²) in [6.07, 6.45) is 2.12. The first-order valence-corrected chi connectivity index (χ1v) is 13.5. The summed E-state index contributed by atoms with van der Waals surface area (Å²) >= 11 is 12.2. The Morgan fingerprint density at radius 1 is 1.00 bits per heavy atom. The zero-order valence-corrected chi connectivity index (χ0v) is 22.1. The first kappa shape index (κ1) is 26.5. The van der Waals surface area contributed by atoms with E-state index in [-0.39, 0.29) is 4.90 Å². The van der Waals surface area contributed by atoms with E-state index >= 15 is 0 Å². The van der Waals surface area contributed by atoms with Crippen molar-refractivity contribution in [2.45, 2.75) is 18.2 Å². The molecule has 0 bridgehead atoms. The molecule has 7 nitrogen and oxygen atoms in total. The van der Waals surface area contributed by atoms with Crippen LogP contribution in [0.3, 0.4) is 0 Å². The number of hydrazone groups is 1. The van der Waals surface area contributed by atoms with Crippen LogP contribution in [0.1, 0.15) is 18.2 Å². The van der Waals surface area contributed by atoms with Gasteiger partial charge >= 0.3 is 0 Å². The molecule has 0 unspecified atom stereocenters. The van der Waals surface area contributed by atoms with Crippen molar-refractivity contribution in [3.63, 3.8) is 0 Å². The fourth-order valence-corrected chi connectivity index (χ4v) is 5.47. The highest BCUT2D eigenvalue weighted by Gasteiger charge is 2.27. The number of carbonyl (C=O) groups excluding carboxylic acids is 1. The van der Waals surface area contributed by atoms with Crippen LogP contribution in [0, 0.1) is 0 Å².